The maximum Gasteiger partial charge on any atom is 0.308 e. The molecular formula is C25H38N2O5. The van der Waals surface area contributed by atoms with Crippen molar-refractivity contribution in [2.45, 2.75) is 66.5 Å². The van der Waals surface area contributed by atoms with Crippen molar-refractivity contribution in [2.24, 2.45) is 0 Å². The average Bonchev–Trinajstić information content (AvgIpc) is 3.09. The Morgan fingerprint density at radius 2 is 1.91 bits per heavy atom. The summed E-state index contributed by atoms with van der Waals surface area (Å²) in [7, 11) is 0. The van der Waals surface area contributed by atoms with Gasteiger partial charge in [-0.15, -0.1) is 0 Å². The van der Waals surface area contributed by atoms with E-state index in [1.165, 1.54) is 27.7 Å². The molecule has 1 aromatic carbocycles. The van der Waals surface area contributed by atoms with E-state index in [-0.39, 0.29) is 18.5 Å². The van der Waals surface area contributed by atoms with E-state index in [2.05, 4.69) is 48.4 Å². The molecule has 2 heterocycles. The zero-order valence-corrected chi connectivity index (χ0v) is 20.1. The minimum absolute atomic E-state index is 0.184. The molecule has 7 nitrogen and oxygen atoms in total. The highest BCUT2D eigenvalue weighted by Gasteiger charge is 2.31. The van der Waals surface area contributed by atoms with Crippen molar-refractivity contribution < 1.29 is 24.2 Å². The average molecular weight is 447 g/mol. The first-order valence-corrected chi connectivity index (χ1v) is 11.7. The summed E-state index contributed by atoms with van der Waals surface area (Å²) in [4.78, 5) is 23.7. The van der Waals surface area contributed by atoms with Crippen LogP contribution in [0, 0.1) is 0 Å². The lowest BCUT2D eigenvalue weighted by atomic mass is 9.99. The molecule has 178 valence electrons. The second-order valence-electron chi connectivity index (χ2n) is 7.85. The third kappa shape index (κ3) is 6.33. The molecule has 32 heavy (non-hydrogen) atoms. The Morgan fingerprint density at radius 1 is 1.22 bits per heavy atom. The first-order valence-electron chi connectivity index (χ1n) is 11.7. The summed E-state index contributed by atoms with van der Waals surface area (Å²) in [6, 6.07) is 6.61. The second-order valence-corrected chi connectivity index (χ2v) is 7.85. The molecule has 1 unspecified atom stereocenters. The summed E-state index contributed by atoms with van der Waals surface area (Å²) in [5.74, 6) is -1.02. The van der Waals surface area contributed by atoms with Crippen LogP contribution in [0.3, 0.4) is 0 Å². The van der Waals surface area contributed by atoms with E-state index in [1.807, 2.05) is 6.92 Å². The minimum atomic E-state index is -0.833. The molecule has 1 aromatic heterocycles. The number of hydrogen-bond donors (Lipinski definition) is 1. The van der Waals surface area contributed by atoms with E-state index in [0.717, 1.165) is 45.9 Å². The van der Waals surface area contributed by atoms with E-state index in [4.69, 9.17) is 19.4 Å². The van der Waals surface area contributed by atoms with E-state index in [0.29, 0.717) is 13.2 Å². The number of fused-ring (bicyclic) bond motifs is 3. The number of nitrogens with zero attached hydrogens (tertiary/aromatic N) is 2. The van der Waals surface area contributed by atoms with Gasteiger partial charge in [0.25, 0.3) is 5.97 Å². The number of carboxylic acids is 1. The number of ether oxygens (including phenoxy) is 2. The van der Waals surface area contributed by atoms with Gasteiger partial charge in [0.15, 0.2) is 0 Å². The van der Waals surface area contributed by atoms with E-state index >= 15 is 0 Å². The Hall–Kier alpha value is -2.38. The van der Waals surface area contributed by atoms with Gasteiger partial charge >= 0.3 is 5.97 Å². The van der Waals surface area contributed by atoms with Crippen molar-refractivity contribution in [3.05, 3.63) is 35.0 Å². The molecule has 0 radical (unpaired) electrons. The van der Waals surface area contributed by atoms with Crippen LogP contribution in [0.15, 0.2) is 18.2 Å². The molecule has 0 saturated carbocycles. The largest absolute Gasteiger partial charge is 0.481 e. The fraction of sp³-hybridized carbons (Fsp3) is 0.600. The Kier molecular flexibility index (Phi) is 10.2. The molecule has 0 amide bonds. The summed E-state index contributed by atoms with van der Waals surface area (Å²) in [6.07, 6.45) is 1.95. The van der Waals surface area contributed by atoms with Gasteiger partial charge in [-0.25, -0.2) is 0 Å². The Bertz CT molecular complexity index is 897. The summed E-state index contributed by atoms with van der Waals surface area (Å²) < 4.78 is 13.7. The number of aromatic nitrogens is 1. The number of hydrogen-bond acceptors (Lipinski definition) is 5. The lowest BCUT2D eigenvalue weighted by Gasteiger charge is -2.27. The molecule has 7 heteroatoms. The minimum Gasteiger partial charge on any atom is -0.481 e. The first kappa shape index (κ1) is 25.9. The van der Waals surface area contributed by atoms with Gasteiger partial charge in [-0.1, -0.05) is 39.0 Å². The van der Waals surface area contributed by atoms with Gasteiger partial charge in [-0.3, -0.25) is 9.59 Å². The summed E-state index contributed by atoms with van der Waals surface area (Å²) in [6.45, 7) is 14.6. The molecule has 1 aliphatic rings. The molecule has 0 bridgehead atoms. The molecule has 2 aromatic rings. The smallest absolute Gasteiger partial charge is 0.308 e. The van der Waals surface area contributed by atoms with Crippen molar-refractivity contribution in [1.82, 2.24) is 9.47 Å². The molecule has 1 aliphatic heterocycles. The number of likely N-dealkylation sites (N-methyl/N-ethyl adjacent to an activating group) is 1. The zero-order chi connectivity index (χ0) is 23.7. The quantitative estimate of drug-likeness (QED) is 0.582. The molecule has 1 atom stereocenters. The highest BCUT2D eigenvalue weighted by molar-refractivity contribution is 5.89. The van der Waals surface area contributed by atoms with Crippen LogP contribution in [0.2, 0.25) is 0 Å². The fourth-order valence-electron chi connectivity index (χ4n) is 4.41. The van der Waals surface area contributed by atoms with Gasteiger partial charge in [0.05, 0.1) is 30.8 Å². The van der Waals surface area contributed by atoms with Crippen LogP contribution in [0.25, 0.3) is 10.9 Å². The molecule has 0 aliphatic carbocycles. The van der Waals surface area contributed by atoms with Crippen LogP contribution in [-0.4, -0.2) is 59.4 Å². The highest BCUT2D eigenvalue weighted by atomic mass is 16.5. The highest BCUT2D eigenvalue weighted by Crippen LogP contribution is 2.38. The van der Waals surface area contributed by atoms with Crippen molar-refractivity contribution in [1.29, 1.82) is 0 Å². The molecule has 0 fully saturated rings. The number of para-hydroxylation sites is 1. The van der Waals surface area contributed by atoms with E-state index in [9.17, 15) is 4.79 Å². The molecular weight excluding hydrogens is 408 g/mol. The molecule has 3 rings (SSSR count). The van der Waals surface area contributed by atoms with Gasteiger partial charge in [0.2, 0.25) is 0 Å². The molecule has 0 saturated heterocycles. The summed E-state index contributed by atoms with van der Waals surface area (Å²) >= 11 is 0. The van der Waals surface area contributed by atoms with Gasteiger partial charge in [0.1, 0.15) is 6.10 Å². The number of carbonyl (C=O) groups is 2. The topological polar surface area (TPSA) is 81.0 Å². The van der Waals surface area contributed by atoms with Crippen molar-refractivity contribution in [2.75, 3.05) is 32.8 Å². The van der Waals surface area contributed by atoms with Crippen LogP contribution < -0.4 is 0 Å². The van der Waals surface area contributed by atoms with Crippen LogP contribution >= 0.6 is 0 Å². The van der Waals surface area contributed by atoms with E-state index in [1.54, 1.807) is 0 Å². The number of carboxylic acid groups (broad SMARTS) is 1. The van der Waals surface area contributed by atoms with Gasteiger partial charge in [0, 0.05) is 25.4 Å². The summed E-state index contributed by atoms with van der Waals surface area (Å²) in [5.41, 5.74) is 5.22. The van der Waals surface area contributed by atoms with Crippen molar-refractivity contribution in [3.8, 4) is 0 Å². The number of aryl methyl sites for hydroxylation is 1. The monoisotopic (exact) mass is 446 g/mol. The number of rotatable bonds is 9. The number of aliphatic carboxylic acids is 1. The van der Waals surface area contributed by atoms with Crippen molar-refractivity contribution >= 4 is 22.8 Å². The van der Waals surface area contributed by atoms with Crippen LogP contribution in [0.1, 0.15) is 64.0 Å². The first-order chi connectivity index (χ1) is 15.4. The standard InChI is InChI=1S/C23H34N2O3.C2H4O2/c1-5-17-10-9-11-18-19-12-15-28-20(16-21(26)27-8-4)23(19)25(22(17)18)14-13-24(6-2)7-3;1-2(3)4/h9-11,20H,5-8,12-16H2,1-4H3;1H3,(H,3,4). The number of benzene rings is 1. The molecule has 0 spiro atoms. The van der Waals surface area contributed by atoms with Crippen LogP contribution in [0.5, 0.6) is 0 Å². The molecule has 1 N–H and O–H groups in total. The lowest BCUT2D eigenvalue weighted by molar-refractivity contribution is -0.147. The Morgan fingerprint density at radius 3 is 2.50 bits per heavy atom. The predicted octanol–water partition coefficient (Wildman–Crippen LogP) is 4.20. The SMILES string of the molecule is CC(=O)O.CCOC(=O)CC1OCCc2c1n(CCN(CC)CC)c1c(CC)cccc21. The fourth-order valence-corrected chi connectivity index (χ4v) is 4.41. The van der Waals surface area contributed by atoms with Crippen LogP contribution in [-0.2, 0) is 38.4 Å². The lowest BCUT2D eigenvalue weighted by Crippen LogP contribution is -2.29. The predicted molar refractivity (Wildman–Crippen MR) is 126 cm³/mol. The number of carbonyl (C=O) groups excluding carboxylic acids is 1. The van der Waals surface area contributed by atoms with Gasteiger partial charge < -0.3 is 24.0 Å². The third-order valence-corrected chi connectivity index (χ3v) is 5.86. The maximum atomic E-state index is 12.2. The zero-order valence-electron chi connectivity index (χ0n) is 20.1. The third-order valence-electron chi connectivity index (χ3n) is 5.86. The van der Waals surface area contributed by atoms with Gasteiger partial charge in [-0.2, -0.15) is 0 Å². The summed E-state index contributed by atoms with van der Waals surface area (Å²) in [5, 5.41) is 8.74. The number of esters is 1. The normalized spacial score (nSPS) is 15.2. The van der Waals surface area contributed by atoms with Gasteiger partial charge in [-0.05, 0) is 44.0 Å². The van der Waals surface area contributed by atoms with Crippen LogP contribution in [0.4, 0.5) is 0 Å². The maximum absolute atomic E-state index is 12.2. The van der Waals surface area contributed by atoms with E-state index < -0.39 is 5.97 Å². The second kappa shape index (κ2) is 12.6. The van der Waals surface area contributed by atoms with Crippen molar-refractivity contribution in [3.63, 3.8) is 0 Å². The Labute approximate surface area is 191 Å². The Balaban J connectivity index is 0.000000837.